The zero-order chi connectivity index (χ0) is 24.4. The second kappa shape index (κ2) is 9.78. The highest BCUT2D eigenvalue weighted by Crippen LogP contribution is 2.51. The highest BCUT2D eigenvalue weighted by Gasteiger charge is 2.42. The van der Waals surface area contributed by atoms with Crippen molar-refractivity contribution in [1.82, 2.24) is 5.01 Å². The van der Waals surface area contributed by atoms with Crippen molar-refractivity contribution in [1.29, 1.82) is 0 Å². The van der Waals surface area contributed by atoms with Crippen molar-refractivity contribution in [2.45, 2.75) is 32.5 Å². The number of ether oxygens (including phenoxy) is 5. The van der Waals surface area contributed by atoms with E-state index in [1.807, 2.05) is 61.3 Å². The van der Waals surface area contributed by atoms with Crippen LogP contribution in [0.2, 0.25) is 0 Å². The van der Waals surface area contributed by atoms with E-state index in [1.54, 1.807) is 14.2 Å². The Morgan fingerprint density at radius 1 is 0.886 bits per heavy atom. The average Bonchev–Trinajstić information content (AvgIpc) is 3.35. The number of nitrogens with zero attached hydrogens (tertiary/aromatic N) is 2. The minimum atomic E-state index is -0.450. The van der Waals surface area contributed by atoms with Crippen molar-refractivity contribution < 1.29 is 23.7 Å². The Hall–Kier alpha value is -3.87. The monoisotopic (exact) mass is 474 g/mol. The molecule has 35 heavy (non-hydrogen) atoms. The van der Waals surface area contributed by atoms with Crippen LogP contribution >= 0.6 is 0 Å². The van der Waals surface area contributed by atoms with Crippen molar-refractivity contribution >= 4 is 5.71 Å². The number of para-hydroxylation sites is 1. The Kier molecular flexibility index (Phi) is 6.40. The van der Waals surface area contributed by atoms with Gasteiger partial charge in [0.15, 0.2) is 23.0 Å². The number of methoxy groups -OCH3 is 2. The van der Waals surface area contributed by atoms with Gasteiger partial charge in [0.05, 0.1) is 39.2 Å². The topological polar surface area (TPSA) is 61.8 Å². The third kappa shape index (κ3) is 4.22. The van der Waals surface area contributed by atoms with Crippen molar-refractivity contribution in [2.75, 3.05) is 27.4 Å². The molecule has 0 saturated heterocycles. The first kappa shape index (κ1) is 22.9. The molecule has 2 aliphatic heterocycles. The molecule has 0 aromatic heterocycles. The summed E-state index contributed by atoms with van der Waals surface area (Å²) in [6.07, 6.45) is 0.304. The van der Waals surface area contributed by atoms with E-state index >= 15 is 0 Å². The molecule has 0 spiro atoms. The van der Waals surface area contributed by atoms with Crippen molar-refractivity contribution in [2.24, 2.45) is 5.10 Å². The summed E-state index contributed by atoms with van der Waals surface area (Å²) in [4.78, 5) is 0. The summed E-state index contributed by atoms with van der Waals surface area (Å²) in [5.41, 5.74) is 4.05. The molecule has 0 bridgehead atoms. The lowest BCUT2D eigenvalue weighted by molar-refractivity contribution is -0.0213. The highest BCUT2D eigenvalue weighted by molar-refractivity contribution is 6.02. The van der Waals surface area contributed by atoms with E-state index in [1.165, 1.54) is 0 Å². The Morgan fingerprint density at radius 3 is 2.37 bits per heavy atom. The average molecular weight is 475 g/mol. The third-order valence-electron chi connectivity index (χ3n) is 6.27. The summed E-state index contributed by atoms with van der Waals surface area (Å²) in [7, 11) is 3.26. The maximum Gasteiger partial charge on any atom is 0.214 e. The molecular weight excluding hydrogens is 444 g/mol. The maximum atomic E-state index is 6.60. The van der Waals surface area contributed by atoms with Gasteiger partial charge in [-0.05, 0) is 67.9 Å². The lowest BCUT2D eigenvalue weighted by Gasteiger charge is -2.38. The summed E-state index contributed by atoms with van der Waals surface area (Å²) in [5, 5.41) is 7.10. The molecule has 7 nitrogen and oxygen atoms in total. The van der Waals surface area contributed by atoms with E-state index in [-0.39, 0.29) is 6.04 Å². The molecule has 2 heterocycles. The van der Waals surface area contributed by atoms with Gasteiger partial charge < -0.3 is 23.7 Å². The second-order valence-electron chi connectivity index (χ2n) is 8.30. The van der Waals surface area contributed by atoms with Crippen LogP contribution < -0.4 is 23.7 Å². The van der Waals surface area contributed by atoms with Gasteiger partial charge in [0, 0.05) is 17.5 Å². The van der Waals surface area contributed by atoms with E-state index in [0.29, 0.717) is 24.7 Å². The SMILES string of the molecule is CCOc1ccc(C2=NN3[C@@H](c4ccc(OC)c(OC)c4)Oc4c(OCC)cccc4[C@@H]3C2)cc1. The first-order valence-electron chi connectivity index (χ1n) is 11.9. The van der Waals surface area contributed by atoms with Crippen LogP contribution in [-0.4, -0.2) is 38.2 Å². The molecule has 2 aliphatic rings. The van der Waals surface area contributed by atoms with Gasteiger partial charge in [0.1, 0.15) is 5.75 Å². The van der Waals surface area contributed by atoms with Crippen molar-refractivity contribution in [3.05, 3.63) is 77.4 Å². The molecule has 182 valence electrons. The Bertz CT molecular complexity index is 1220. The predicted molar refractivity (Wildman–Crippen MR) is 134 cm³/mol. The summed E-state index contributed by atoms with van der Waals surface area (Å²) < 4.78 is 29.1. The first-order valence-corrected chi connectivity index (χ1v) is 11.9. The summed E-state index contributed by atoms with van der Waals surface area (Å²) in [5.74, 6) is 3.66. The number of benzene rings is 3. The van der Waals surface area contributed by atoms with E-state index < -0.39 is 6.23 Å². The number of hydrogen-bond donors (Lipinski definition) is 0. The van der Waals surface area contributed by atoms with Crippen LogP contribution in [0.3, 0.4) is 0 Å². The fourth-order valence-corrected chi connectivity index (χ4v) is 4.66. The Morgan fingerprint density at radius 2 is 1.66 bits per heavy atom. The van der Waals surface area contributed by atoms with Crippen LogP contribution in [0.5, 0.6) is 28.7 Å². The van der Waals surface area contributed by atoms with Crippen molar-refractivity contribution in [3.63, 3.8) is 0 Å². The van der Waals surface area contributed by atoms with Crippen LogP contribution in [0, 0.1) is 0 Å². The first-order chi connectivity index (χ1) is 17.2. The smallest absolute Gasteiger partial charge is 0.214 e. The second-order valence-corrected chi connectivity index (χ2v) is 8.30. The quantitative estimate of drug-likeness (QED) is 0.415. The van der Waals surface area contributed by atoms with Gasteiger partial charge >= 0.3 is 0 Å². The van der Waals surface area contributed by atoms with Crippen LogP contribution in [0.15, 0.2) is 65.8 Å². The van der Waals surface area contributed by atoms with E-state index in [0.717, 1.165) is 46.1 Å². The van der Waals surface area contributed by atoms with Gasteiger partial charge in [-0.3, -0.25) is 0 Å². The van der Waals surface area contributed by atoms with Crippen molar-refractivity contribution in [3.8, 4) is 28.7 Å². The summed E-state index contributed by atoms with van der Waals surface area (Å²) in [6, 6.07) is 20.0. The minimum Gasteiger partial charge on any atom is -0.494 e. The normalized spacial score (nSPS) is 18.2. The molecule has 0 radical (unpaired) electrons. The largest absolute Gasteiger partial charge is 0.494 e. The van der Waals surface area contributed by atoms with Crippen LogP contribution in [0.25, 0.3) is 0 Å². The van der Waals surface area contributed by atoms with Crippen LogP contribution in [0.4, 0.5) is 0 Å². The third-order valence-corrected chi connectivity index (χ3v) is 6.27. The molecule has 3 aromatic carbocycles. The van der Waals surface area contributed by atoms with Crippen LogP contribution in [-0.2, 0) is 0 Å². The zero-order valence-electron chi connectivity index (χ0n) is 20.5. The van der Waals surface area contributed by atoms with Gasteiger partial charge in [-0.25, -0.2) is 5.01 Å². The van der Waals surface area contributed by atoms with E-state index in [2.05, 4.69) is 18.2 Å². The number of rotatable bonds is 8. The Labute approximate surface area is 205 Å². The molecule has 0 fully saturated rings. The molecule has 5 rings (SSSR count). The lowest BCUT2D eigenvalue weighted by Crippen LogP contribution is -2.34. The fraction of sp³-hybridized carbons (Fsp3) is 0.321. The number of fused-ring (bicyclic) bond motifs is 3. The molecule has 0 aliphatic carbocycles. The highest BCUT2D eigenvalue weighted by atomic mass is 16.5. The predicted octanol–water partition coefficient (Wildman–Crippen LogP) is 5.74. The number of hydrogen-bond acceptors (Lipinski definition) is 7. The van der Waals surface area contributed by atoms with E-state index in [4.69, 9.17) is 28.8 Å². The lowest BCUT2D eigenvalue weighted by atomic mass is 9.95. The van der Waals surface area contributed by atoms with Gasteiger partial charge in [-0.2, -0.15) is 5.10 Å². The fourth-order valence-electron chi connectivity index (χ4n) is 4.66. The molecule has 3 aromatic rings. The molecule has 0 N–H and O–H groups in total. The molecule has 0 unspecified atom stereocenters. The van der Waals surface area contributed by atoms with Gasteiger partial charge in [0.2, 0.25) is 6.23 Å². The molecular formula is C28H30N2O5. The Balaban J connectivity index is 1.57. The zero-order valence-corrected chi connectivity index (χ0v) is 20.5. The van der Waals surface area contributed by atoms with E-state index in [9.17, 15) is 0 Å². The van der Waals surface area contributed by atoms with Gasteiger partial charge in [-0.1, -0.05) is 12.1 Å². The number of hydrazone groups is 1. The molecule has 7 heteroatoms. The van der Waals surface area contributed by atoms with Gasteiger partial charge in [-0.15, -0.1) is 0 Å². The molecule has 0 amide bonds. The summed E-state index contributed by atoms with van der Waals surface area (Å²) in [6.45, 7) is 5.15. The molecule has 0 saturated carbocycles. The maximum absolute atomic E-state index is 6.60. The standard InChI is InChI=1S/C28H30N2O5/c1-5-33-20-13-10-18(11-14-20)22-17-23-21-8-7-9-25(34-6-2)27(21)35-28(30(23)29-22)19-12-15-24(31-3)26(16-19)32-4/h7-16,23,28H,5-6,17H2,1-4H3/t23-,28+/m0/s1. The van der Waals surface area contributed by atoms with Crippen LogP contribution in [0.1, 0.15) is 49.2 Å². The summed E-state index contributed by atoms with van der Waals surface area (Å²) >= 11 is 0. The molecule has 2 atom stereocenters. The van der Waals surface area contributed by atoms with Gasteiger partial charge in [0.25, 0.3) is 0 Å². The minimum absolute atomic E-state index is 0.0128.